The van der Waals surface area contributed by atoms with Gasteiger partial charge >= 0.3 is 5.97 Å². The van der Waals surface area contributed by atoms with Crippen molar-refractivity contribution in [1.82, 2.24) is 4.31 Å². The van der Waals surface area contributed by atoms with Gasteiger partial charge in [0, 0.05) is 13.1 Å². The summed E-state index contributed by atoms with van der Waals surface area (Å²) >= 11 is 6.17. The summed E-state index contributed by atoms with van der Waals surface area (Å²) in [5.41, 5.74) is 2.98. The number of hydrogen-bond donors (Lipinski definition) is 0. The van der Waals surface area contributed by atoms with Crippen LogP contribution in [0.5, 0.6) is 0 Å². The molecule has 0 atom stereocenters. The lowest BCUT2D eigenvalue weighted by Gasteiger charge is -2.26. The fourth-order valence-electron chi connectivity index (χ4n) is 3.60. The maximum atomic E-state index is 12.9. The van der Waals surface area contributed by atoms with Crippen molar-refractivity contribution in [3.8, 4) is 17.2 Å². The molecule has 1 aliphatic heterocycles. The van der Waals surface area contributed by atoms with Gasteiger partial charge in [-0.05, 0) is 41.0 Å². The van der Waals surface area contributed by atoms with Crippen LogP contribution in [0.3, 0.4) is 0 Å². The summed E-state index contributed by atoms with van der Waals surface area (Å²) in [7, 11) is -3.77. The second-order valence-corrected chi connectivity index (χ2v) is 9.93. The Morgan fingerprint density at radius 3 is 2.47 bits per heavy atom. The van der Waals surface area contributed by atoms with Gasteiger partial charge in [-0.15, -0.1) is 0 Å². The Kier molecular flexibility index (Phi) is 7.29. The Bertz CT molecular complexity index is 1340. The molecule has 1 fully saturated rings. The van der Waals surface area contributed by atoms with Crippen molar-refractivity contribution in [2.24, 2.45) is 0 Å². The highest BCUT2D eigenvalue weighted by Gasteiger charge is 2.28. The van der Waals surface area contributed by atoms with E-state index < -0.39 is 16.0 Å². The fourth-order valence-corrected chi connectivity index (χ4v) is 5.23. The number of halogens is 1. The zero-order valence-electron chi connectivity index (χ0n) is 18.1. The highest BCUT2D eigenvalue weighted by Crippen LogP contribution is 2.26. The van der Waals surface area contributed by atoms with Crippen molar-refractivity contribution in [2.75, 3.05) is 26.3 Å². The number of hydrogen-bond acceptors (Lipinski definition) is 6. The second-order valence-electron chi connectivity index (χ2n) is 7.59. The van der Waals surface area contributed by atoms with Gasteiger partial charge in [-0.2, -0.15) is 9.57 Å². The lowest BCUT2D eigenvalue weighted by Crippen LogP contribution is -2.40. The van der Waals surface area contributed by atoms with Crippen LogP contribution in [0.25, 0.3) is 11.1 Å². The van der Waals surface area contributed by atoms with Gasteiger partial charge in [0.15, 0.2) is 0 Å². The van der Waals surface area contributed by atoms with Gasteiger partial charge < -0.3 is 9.47 Å². The van der Waals surface area contributed by atoms with E-state index in [0.717, 1.165) is 16.7 Å². The Morgan fingerprint density at radius 1 is 1.06 bits per heavy atom. The van der Waals surface area contributed by atoms with E-state index in [9.17, 15) is 18.5 Å². The third kappa shape index (κ3) is 5.13. The molecule has 0 amide bonds. The van der Waals surface area contributed by atoms with Gasteiger partial charge in [0.1, 0.15) is 6.61 Å². The van der Waals surface area contributed by atoms with Gasteiger partial charge in [0.05, 0.1) is 40.3 Å². The number of carbonyl (C=O) groups excluding carboxylic acids is 1. The molecule has 1 saturated heterocycles. The number of ether oxygens (including phenoxy) is 2. The first kappa shape index (κ1) is 23.9. The summed E-state index contributed by atoms with van der Waals surface area (Å²) in [4.78, 5) is 12.7. The molecule has 174 valence electrons. The van der Waals surface area contributed by atoms with Crippen LogP contribution >= 0.6 is 11.6 Å². The summed E-state index contributed by atoms with van der Waals surface area (Å²) < 4.78 is 37.7. The minimum Gasteiger partial charge on any atom is -0.457 e. The van der Waals surface area contributed by atoms with Crippen LogP contribution in [0.1, 0.15) is 21.5 Å². The topological polar surface area (TPSA) is 96.7 Å². The van der Waals surface area contributed by atoms with E-state index in [2.05, 4.69) is 6.07 Å². The molecule has 1 aliphatic rings. The number of nitriles is 1. The molecule has 1 heterocycles. The smallest absolute Gasteiger partial charge is 0.340 e. The Balaban J connectivity index is 1.47. The normalized spacial score (nSPS) is 14.4. The molecular weight excluding hydrogens is 476 g/mol. The molecule has 0 N–H and O–H groups in total. The molecule has 0 aromatic heterocycles. The highest BCUT2D eigenvalue weighted by molar-refractivity contribution is 7.89. The molecule has 7 nitrogen and oxygen atoms in total. The lowest BCUT2D eigenvalue weighted by molar-refractivity contribution is 0.0472. The van der Waals surface area contributed by atoms with Gasteiger partial charge in [-0.3, -0.25) is 0 Å². The van der Waals surface area contributed by atoms with Crippen LogP contribution < -0.4 is 0 Å². The summed E-state index contributed by atoms with van der Waals surface area (Å²) in [6, 6.07) is 20.8. The van der Waals surface area contributed by atoms with E-state index in [0.29, 0.717) is 18.8 Å². The number of nitrogens with zero attached hydrogens (tertiary/aromatic N) is 2. The standard InChI is InChI=1S/C25H21ClN2O5S/c26-24-10-9-21(34(30,31)28-11-13-32-14-12-28)15-23(24)25(29)33-17-18-5-7-19(8-6-18)22-4-2-1-3-20(22)16-27/h1-10,15H,11-14,17H2. The third-order valence-corrected chi connectivity index (χ3v) is 7.67. The fraction of sp³-hybridized carbons (Fsp3) is 0.200. The summed E-state index contributed by atoms with van der Waals surface area (Å²) in [6.07, 6.45) is 0. The van der Waals surface area contributed by atoms with Crippen LogP contribution in [-0.4, -0.2) is 45.0 Å². The van der Waals surface area contributed by atoms with E-state index in [4.69, 9.17) is 21.1 Å². The van der Waals surface area contributed by atoms with Crippen LogP contribution in [0.2, 0.25) is 5.02 Å². The molecule has 0 spiro atoms. The average molecular weight is 497 g/mol. The van der Waals surface area contributed by atoms with Crippen molar-refractivity contribution < 1.29 is 22.7 Å². The first-order valence-electron chi connectivity index (χ1n) is 10.5. The van der Waals surface area contributed by atoms with E-state index >= 15 is 0 Å². The van der Waals surface area contributed by atoms with Gasteiger partial charge in [-0.25, -0.2) is 13.2 Å². The van der Waals surface area contributed by atoms with Crippen LogP contribution in [0, 0.1) is 11.3 Å². The van der Waals surface area contributed by atoms with E-state index in [1.165, 1.54) is 22.5 Å². The zero-order chi connectivity index (χ0) is 24.1. The van der Waals surface area contributed by atoms with Crippen LogP contribution in [0.4, 0.5) is 0 Å². The zero-order valence-corrected chi connectivity index (χ0v) is 19.7. The first-order chi connectivity index (χ1) is 16.4. The Hall–Kier alpha value is -3.22. The van der Waals surface area contributed by atoms with E-state index in [-0.39, 0.29) is 35.2 Å². The largest absolute Gasteiger partial charge is 0.457 e. The van der Waals surface area contributed by atoms with Crippen molar-refractivity contribution in [3.63, 3.8) is 0 Å². The van der Waals surface area contributed by atoms with E-state index in [1.807, 2.05) is 30.3 Å². The van der Waals surface area contributed by atoms with Crippen molar-refractivity contribution in [2.45, 2.75) is 11.5 Å². The molecule has 3 aromatic carbocycles. The summed E-state index contributed by atoms with van der Waals surface area (Å²) in [6.45, 7) is 1.13. The number of esters is 1. The maximum Gasteiger partial charge on any atom is 0.340 e. The third-order valence-electron chi connectivity index (χ3n) is 5.45. The van der Waals surface area contributed by atoms with Crippen molar-refractivity contribution >= 4 is 27.6 Å². The lowest BCUT2D eigenvalue weighted by atomic mass is 9.99. The van der Waals surface area contributed by atoms with Gasteiger partial charge in [0.2, 0.25) is 10.0 Å². The van der Waals surface area contributed by atoms with Crippen molar-refractivity contribution in [3.05, 3.63) is 88.4 Å². The number of benzene rings is 3. The van der Waals surface area contributed by atoms with Crippen LogP contribution in [0.15, 0.2) is 71.6 Å². The monoisotopic (exact) mass is 496 g/mol. The second kappa shape index (κ2) is 10.4. The van der Waals surface area contributed by atoms with Gasteiger partial charge in [-0.1, -0.05) is 54.1 Å². The number of morpholine rings is 1. The number of carbonyl (C=O) groups is 1. The summed E-state index contributed by atoms with van der Waals surface area (Å²) in [5, 5.41) is 9.40. The Labute approximate surface area is 203 Å². The molecule has 0 unspecified atom stereocenters. The number of sulfonamides is 1. The quantitative estimate of drug-likeness (QED) is 0.473. The Morgan fingerprint density at radius 2 is 1.76 bits per heavy atom. The highest BCUT2D eigenvalue weighted by atomic mass is 35.5. The van der Waals surface area contributed by atoms with Crippen molar-refractivity contribution in [1.29, 1.82) is 5.26 Å². The molecule has 0 saturated carbocycles. The molecule has 0 aliphatic carbocycles. The minimum absolute atomic E-state index is 0.0180. The predicted molar refractivity (Wildman–Crippen MR) is 127 cm³/mol. The first-order valence-corrected chi connectivity index (χ1v) is 12.3. The molecule has 3 aromatic rings. The minimum atomic E-state index is -3.77. The van der Waals surface area contributed by atoms with Gasteiger partial charge in [0.25, 0.3) is 0 Å². The SMILES string of the molecule is N#Cc1ccccc1-c1ccc(COC(=O)c2cc(S(=O)(=O)N3CCOCC3)ccc2Cl)cc1. The molecular formula is C25H21ClN2O5S. The molecule has 34 heavy (non-hydrogen) atoms. The molecule has 4 rings (SSSR count). The molecule has 0 radical (unpaired) electrons. The summed E-state index contributed by atoms with van der Waals surface area (Å²) in [5.74, 6) is -0.720. The molecule has 9 heteroatoms. The predicted octanol–water partition coefficient (Wildman–Crippen LogP) is 4.26. The van der Waals surface area contributed by atoms with Crippen LogP contribution in [-0.2, 0) is 26.1 Å². The maximum absolute atomic E-state index is 12.9. The average Bonchev–Trinajstić information content (AvgIpc) is 2.88. The molecule has 0 bridgehead atoms. The number of rotatable bonds is 6. The van der Waals surface area contributed by atoms with E-state index in [1.54, 1.807) is 18.2 Å².